The van der Waals surface area contributed by atoms with Gasteiger partial charge in [0.1, 0.15) is 17.3 Å². The van der Waals surface area contributed by atoms with E-state index in [-0.39, 0.29) is 31.7 Å². The van der Waals surface area contributed by atoms with Crippen molar-refractivity contribution in [2.75, 3.05) is 0 Å². The summed E-state index contributed by atoms with van der Waals surface area (Å²) < 4.78 is 5.21. The van der Waals surface area contributed by atoms with Crippen LogP contribution in [0.25, 0.3) is 0 Å². The molecule has 8 nitrogen and oxygen atoms in total. The van der Waals surface area contributed by atoms with Crippen LogP contribution < -0.4 is 5.73 Å². The molecule has 2 amide bonds. The molecular formula is C17H23N3O5. The maximum Gasteiger partial charge on any atom is 0.306 e. The lowest BCUT2D eigenvalue weighted by molar-refractivity contribution is -0.155. The first-order chi connectivity index (χ1) is 11.6. The summed E-state index contributed by atoms with van der Waals surface area (Å²) >= 11 is 0. The van der Waals surface area contributed by atoms with Gasteiger partial charge in [-0.05, 0) is 38.8 Å². The molecule has 1 aromatic heterocycles. The van der Waals surface area contributed by atoms with Crippen molar-refractivity contribution in [3.05, 3.63) is 29.1 Å². The predicted octanol–water partition coefficient (Wildman–Crippen LogP) is 0.506. The number of rotatable bonds is 6. The van der Waals surface area contributed by atoms with Crippen LogP contribution in [-0.4, -0.2) is 44.4 Å². The monoisotopic (exact) mass is 349 g/mol. The number of pyridine rings is 1. The first-order valence-electron chi connectivity index (χ1n) is 8.03. The van der Waals surface area contributed by atoms with Gasteiger partial charge in [0, 0.05) is 24.7 Å². The van der Waals surface area contributed by atoms with Gasteiger partial charge >= 0.3 is 5.97 Å². The van der Waals surface area contributed by atoms with Gasteiger partial charge in [0.15, 0.2) is 0 Å². The van der Waals surface area contributed by atoms with Gasteiger partial charge < -0.3 is 20.5 Å². The largest absolute Gasteiger partial charge is 0.460 e. The molecule has 0 aromatic carbocycles. The zero-order valence-electron chi connectivity index (χ0n) is 14.6. The highest BCUT2D eigenvalue weighted by Gasteiger charge is 2.37. The van der Waals surface area contributed by atoms with Crippen LogP contribution in [0.15, 0.2) is 12.3 Å². The Hall–Kier alpha value is -2.48. The molecule has 25 heavy (non-hydrogen) atoms. The molecule has 3 N–H and O–H groups in total. The number of nitrogens with two attached hydrogens (primary N) is 1. The molecule has 2 heterocycles. The van der Waals surface area contributed by atoms with Gasteiger partial charge in [0.2, 0.25) is 5.91 Å². The molecule has 0 saturated carbocycles. The normalized spacial score (nSPS) is 15.0. The summed E-state index contributed by atoms with van der Waals surface area (Å²) in [5.41, 5.74) is 6.26. The second-order valence-electron chi connectivity index (χ2n) is 6.99. The number of hydrogen-bond donors (Lipinski definition) is 2. The summed E-state index contributed by atoms with van der Waals surface area (Å²) in [4.78, 5) is 41.5. The van der Waals surface area contributed by atoms with Crippen LogP contribution in [0.1, 0.15) is 55.2 Å². The number of esters is 1. The van der Waals surface area contributed by atoms with Crippen LogP contribution in [0, 0.1) is 0 Å². The van der Waals surface area contributed by atoms with Gasteiger partial charge in [-0.1, -0.05) is 0 Å². The second-order valence-corrected chi connectivity index (χ2v) is 6.99. The van der Waals surface area contributed by atoms with Crippen molar-refractivity contribution < 1.29 is 24.2 Å². The summed E-state index contributed by atoms with van der Waals surface area (Å²) in [6.45, 7) is 5.23. The zero-order chi connectivity index (χ0) is 18.8. The minimum absolute atomic E-state index is 0.0275. The summed E-state index contributed by atoms with van der Waals surface area (Å²) in [7, 11) is 0. The number of carbonyl (C=O) groups excluding carboxylic acids is 3. The molecule has 136 valence electrons. The van der Waals surface area contributed by atoms with Crippen LogP contribution in [0.5, 0.6) is 0 Å². The highest BCUT2D eigenvalue weighted by atomic mass is 16.6. The molecule has 2 rings (SSSR count). The van der Waals surface area contributed by atoms with Crippen LogP contribution >= 0.6 is 0 Å². The summed E-state index contributed by atoms with van der Waals surface area (Å²) in [6, 6.07) is 0.749. The number of aromatic nitrogens is 1. The quantitative estimate of drug-likeness (QED) is 0.721. The average molecular weight is 349 g/mol. The minimum atomic E-state index is -0.924. The van der Waals surface area contributed by atoms with E-state index in [0.717, 1.165) is 0 Å². The van der Waals surface area contributed by atoms with Gasteiger partial charge in [0.25, 0.3) is 5.91 Å². The Bertz CT molecular complexity index is 696. The van der Waals surface area contributed by atoms with Crippen molar-refractivity contribution in [2.24, 2.45) is 5.73 Å². The Labute approximate surface area is 146 Å². The fourth-order valence-electron chi connectivity index (χ4n) is 2.70. The first-order valence-corrected chi connectivity index (χ1v) is 8.03. The highest BCUT2D eigenvalue weighted by molar-refractivity contribution is 5.99. The molecule has 0 fully saturated rings. The maximum atomic E-state index is 12.5. The van der Waals surface area contributed by atoms with Gasteiger partial charge in [-0.15, -0.1) is 0 Å². The first kappa shape index (κ1) is 18.9. The smallest absolute Gasteiger partial charge is 0.306 e. The summed E-state index contributed by atoms with van der Waals surface area (Å²) in [6.07, 6.45) is 1.47. The third kappa shape index (κ3) is 4.54. The van der Waals surface area contributed by atoms with E-state index in [9.17, 15) is 19.5 Å². The molecule has 0 unspecified atom stereocenters. The van der Waals surface area contributed by atoms with E-state index in [4.69, 9.17) is 10.5 Å². The van der Waals surface area contributed by atoms with E-state index >= 15 is 0 Å². The molecule has 1 atom stereocenters. The van der Waals surface area contributed by atoms with Gasteiger partial charge in [-0.25, -0.2) is 0 Å². The second kappa shape index (κ2) is 7.18. The third-order valence-electron chi connectivity index (χ3n) is 3.76. The van der Waals surface area contributed by atoms with E-state index in [1.54, 1.807) is 26.8 Å². The molecule has 1 aliphatic rings. The lowest BCUT2D eigenvalue weighted by atomic mass is 10.1. The molecular weight excluding hydrogens is 326 g/mol. The Balaban J connectivity index is 2.10. The van der Waals surface area contributed by atoms with Crippen LogP contribution in [0.2, 0.25) is 0 Å². The molecule has 8 heteroatoms. The Morgan fingerprint density at radius 2 is 2.12 bits per heavy atom. The maximum absolute atomic E-state index is 12.5. The Kier molecular flexibility index (Phi) is 5.42. The lowest BCUT2D eigenvalue weighted by Crippen LogP contribution is -2.45. The average Bonchev–Trinajstić information content (AvgIpc) is 2.81. The van der Waals surface area contributed by atoms with E-state index in [2.05, 4.69) is 4.98 Å². The Morgan fingerprint density at radius 1 is 1.44 bits per heavy atom. The van der Waals surface area contributed by atoms with Gasteiger partial charge in [-0.3, -0.25) is 19.4 Å². The molecule has 1 aromatic rings. The van der Waals surface area contributed by atoms with E-state index in [0.29, 0.717) is 11.1 Å². The standard InChI is InChI=1S/C17H23N3O5/c1-17(2,3)25-13(22)5-4-12(15(18)23)20-8-11-6-10(9-21)7-19-14(11)16(20)24/h6-7,12,21H,4-5,8-9H2,1-3H3,(H2,18,23)/t12-/m0/s1. The van der Waals surface area contributed by atoms with E-state index < -0.39 is 29.4 Å². The number of amides is 2. The molecule has 1 aliphatic heterocycles. The number of primary amides is 1. The Morgan fingerprint density at radius 3 is 2.68 bits per heavy atom. The van der Waals surface area contributed by atoms with Crippen molar-refractivity contribution in [3.63, 3.8) is 0 Å². The number of ether oxygens (including phenoxy) is 1. The number of hydrogen-bond acceptors (Lipinski definition) is 6. The minimum Gasteiger partial charge on any atom is -0.460 e. The third-order valence-corrected chi connectivity index (χ3v) is 3.76. The predicted molar refractivity (Wildman–Crippen MR) is 88.1 cm³/mol. The fraction of sp³-hybridized carbons (Fsp3) is 0.529. The van der Waals surface area contributed by atoms with E-state index in [1.165, 1.54) is 11.1 Å². The summed E-state index contributed by atoms with van der Waals surface area (Å²) in [5, 5.41) is 9.17. The molecule has 0 radical (unpaired) electrons. The summed E-state index contributed by atoms with van der Waals surface area (Å²) in [5.74, 6) is -1.55. The van der Waals surface area contributed by atoms with Gasteiger partial charge in [0.05, 0.1) is 6.61 Å². The van der Waals surface area contributed by atoms with Crippen molar-refractivity contribution in [3.8, 4) is 0 Å². The number of fused-ring (bicyclic) bond motifs is 1. The van der Waals surface area contributed by atoms with Crippen LogP contribution in [0.4, 0.5) is 0 Å². The van der Waals surface area contributed by atoms with Crippen molar-refractivity contribution in [1.82, 2.24) is 9.88 Å². The number of nitrogens with zero attached hydrogens (tertiary/aromatic N) is 2. The molecule has 0 bridgehead atoms. The SMILES string of the molecule is CC(C)(C)OC(=O)CC[C@@H](C(N)=O)N1Cc2cc(CO)cnc2C1=O. The van der Waals surface area contributed by atoms with Crippen molar-refractivity contribution in [2.45, 2.75) is 58.4 Å². The van der Waals surface area contributed by atoms with Gasteiger partial charge in [-0.2, -0.15) is 0 Å². The fourth-order valence-corrected chi connectivity index (χ4v) is 2.70. The molecule has 0 aliphatic carbocycles. The van der Waals surface area contributed by atoms with E-state index in [1.807, 2.05) is 0 Å². The van der Waals surface area contributed by atoms with Crippen LogP contribution in [0.3, 0.4) is 0 Å². The van der Waals surface area contributed by atoms with Crippen molar-refractivity contribution >= 4 is 17.8 Å². The topological polar surface area (TPSA) is 123 Å². The molecule has 0 saturated heterocycles. The lowest BCUT2D eigenvalue weighted by Gasteiger charge is -2.25. The van der Waals surface area contributed by atoms with Crippen molar-refractivity contribution in [1.29, 1.82) is 0 Å². The number of carbonyl (C=O) groups is 3. The molecule has 0 spiro atoms. The number of aliphatic hydroxyl groups excluding tert-OH is 1. The number of aliphatic hydroxyl groups is 1. The highest BCUT2D eigenvalue weighted by Crippen LogP contribution is 2.25. The van der Waals surface area contributed by atoms with Crippen LogP contribution in [-0.2, 0) is 27.5 Å². The zero-order valence-corrected chi connectivity index (χ0v) is 14.6.